The van der Waals surface area contributed by atoms with E-state index in [9.17, 15) is 4.79 Å². The predicted molar refractivity (Wildman–Crippen MR) is 131 cm³/mol. The Bertz CT molecular complexity index is 761. The van der Waals surface area contributed by atoms with Crippen LogP contribution in [0, 0.1) is 18.3 Å². The molecule has 0 radical (unpaired) electrons. The SMILES string of the molecule is C#CCOc1cc(CN=C(NCC)NC2CCN(C(=O)C(C)C)C2)ccc1OC.I. The lowest BCUT2D eigenvalue weighted by molar-refractivity contribution is -0.133. The highest BCUT2D eigenvalue weighted by molar-refractivity contribution is 14.0. The highest BCUT2D eigenvalue weighted by atomic mass is 127. The van der Waals surface area contributed by atoms with Crippen LogP contribution in [-0.2, 0) is 11.3 Å². The van der Waals surface area contributed by atoms with Crippen molar-refractivity contribution in [2.45, 2.75) is 39.8 Å². The summed E-state index contributed by atoms with van der Waals surface area (Å²) in [5.74, 6) is 4.67. The summed E-state index contributed by atoms with van der Waals surface area (Å²) in [7, 11) is 1.60. The summed E-state index contributed by atoms with van der Waals surface area (Å²) in [6.07, 6.45) is 6.19. The first-order valence-corrected chi connectivity index (χ1v) is 10.0. The largest absolute Gasteiger partial charge is 0.493 e. The topological polar surface area (TPSA) is 75.2 Å². The number of methoxy groups -OCH3 is 1. The van der Waals surface area contributed by atoms with E-state index in [4.69, 9.17) is 15.9 Å². The summed E-state index contributed by atoms with van der Waals surface area (Å²) in [6, 6.07) is 5.89. The Balaban J connectivity index is 0.00000450. The van der Waals surface area contributed by atoms with E-state index in [0.29, 0.717) is 24.6 Å². The van der Waals surface area contributed by atoms with Crippen LogP contribution in [0.2, 0.25) is 0 Å². The molecule has 0 aliphatic carbocycles. The van der Waals surface area contributed by atoms with Gasteiger partial charge in [0, 0.05) is 31.6 Å². The molecule has 1 heterocycles. The average Bonchev–Trinajstić information content (AvgIpc) is 3.18. The number of likely N-dealkylation sites (tertiary alicyclic amines) is 1. The Kier molecular flexibility index (Phi) is 11.4. The molecule has 2 N–H and O–H groups in total. The van der Waals surface area contributed by atoms with Crippen LogP contribution >= 0.6 is 24.0 Å². The lowest BCUT2D eigenvalue weighted by Crippen LogP contribution is -2.45. The number of halogens is 1. The van der Waals surface area contributed by atoms with Crippen LogP contribution in [0.5, 0.6) is 11.5 Å². The smallest absolute Gasteiger partial charge is 0.225 e. The van der Waals surface area contributed by atoms with Gasteiger partial charge in [0.2, 0.25) is 5.91 Å². The Hall–Kier alpha value is -2.15. The summed E-state index contributed by atoms with van der Waals surface area (Å²) in [6.45, 7) is 8.80. The standard InChI is InChI=1S/C22H32N4O3.HI/c1-6-12-29-20-13-17(8-9-19(20)28-5)14-24-22(23-7-2)25-18-10-11-26(15-18)21(27)16(3)4;/h1,8-9,13,16,18H,7,10-12,14-15H2,2-5H3,(H2,23,24,25);1H. The summed E-state index contributed by atoms with van der Waals surface area (Å²) in [4.78, 5) is 18.8. The minimum absolute atomic E-state index is 0. The number of amides is 1. The number of benzene rings is 1. The second-order valence-electron chi connectivity index (χ2n) is 7.24. The van der Waals surface area contributed by atoms with E-state index in [2.05, 4.69) is 21.5 Å². The van der Waals surface area contributed by atoms with Gasteiger partial charge < -0.3 is 25.0 Å². The van der Waals surface area contributed by atoms with Crippen molar-refractivity contribution < 1.29 is 14.3 Å². The normalized spacial score (nSPS) is 15.9. The van der Waals surface area contributed by atoms with Gasteiger partial charge in [0.25, 0.3) is 0 Å². The second-order valence-corrected chi connectivity index (χ2v) is 7.24. The van der Waals surface area contributed by atoms with E-state index in [1.807, 2.05) is 43.9 Å². The minimum atomic E-state index is 0. The zero-order valence-electron chi connectivity index (χ0n) is 18.2. The van der Waals surface area contributed by atoms with Crippen LogP contribution < -0.4 is 20.1 Å². The van der Waals surface area contributed by atoms with Gasteiger partial charge in [-0.05, 0) is 31.0 Å². The number of terminal acetylenes is 1. The molecule has 1 saturated heterocycles. The van der Waals surface area contributed by atoms with Crippen molar-refractivity contribution in [3.63, 3.8) is 0 Å². The van der Waals surface area contributed by atoms with Crippen molar-refractivity contribution in [3.05, 3.63) is 23.8 Å². The fraction of sp³-hybridized carbons (Fsp3) is 0.545. The molecule has 7 nitrogen and oxygen atoms in total. The molecule has 1 unspecified atom stereocenters. The zero-order chi connectivity index (χ0) is 21.2. The molecule has 30 heavy (non-hydrogen) atoms. The number of hydrogen-bond donors (Lipinski definition) is 2. The summed E-state index contributed by atoms with van der Waals surface area (Å²) in [5, 5.41) is 6.72. The Labute approximate surface area is 197 Å². The van der Waals surface area contributed by atoms with Crippen LogP contribution in [0.1, 0.15) is 32.8 Å². The first-order valence-electron chi connectivity index (χ1n) is 10.0. The third-order valence-corrected chi connectivity index (χ3v) is 4.64. The van der Waals surface area contributed by atoms with Crippen LogP contribution in [0.4, 0.5) is 0 Å². The van der Waals surface area contributed by atoms with Gasteiger partial charge in [-0.1, -0.05) is 25.8 Å². The molecule has 0 spiro atoms. The molecule has 1 aliphatic heterocycles. The van der Waals surface area contributed by atoms with Gasteiger partial charge in [0.15, 0.2) is 17.5 Å². The number of aliphatic imine (C=N–C) groups is 1. The van der Waals surface area contributed by atoms with E-state index in [0.717, 1.165) is 31.0 Å². The van der Waals surface area contributed by atoms with E-state index < -0.39 is 0 Å². The third kappa shape index (κ3) is 7.59. The Morgan fingerprint density at radius 1 is 1.40 bits per heavy atom. The molecule has 1 aliphatic rings. The molecule has 1 fully saturated rings. The first-order chi connectivity index (χ1) is 14.0. The summed E-state index contributed by atoms with van der Waals surface area (Å²) in [5.41, 5.74) is 0.984. The molecular formula is C22H33IN4O3. The predicted octanol–water partition coefficient (Wildman–Crippen LogP) is 2.64. The summed E-state index contributed by atoms with van der Waals surface area (Å²) < 4.78 is 10.9. The fourth-order valence-electron chi connectivity index (χ4n) is 3.18. The van der Waals surface area contributed by atoms with Gasteiger partial charge in [-0.2, -0.15) is 0 Å². The minimum Gasteiger partial charge on any atom is -0.493 e. The quantitative estimate of drug-likeness (QED) is 0.235. The maximum Gasteiger partial charge on any atom is 0.225 e. The average molecular weight is 528 g/mol. The van der Waals surface area contributed by atoms with Gasteiger partial charge in [-0.25, -0.2) is 4.99 Å². The van der Waals surface area contributed by atoms with Gasteiger partial charge in [-0.15, -0.1) is 30.4 Å². The number of ether oxygens (including phenoxy) is 2. The fourth-order valence-corrected chi connectivity index (χ4v) is 3.18. The van der Waals surface area contributed by atoms with E-state index in [1.54, 1.807) is 7.11 Å². The van der Waals surface area contributed by atoms with Crippen molar-refractivity contribution in [1.82, 2.24) is 15.5 Å². The number of rotatable bonds is 8. The number of guanidine groups is 1. The van der Waals surface area contributed by atoms with E-state index >= 15 is 0 Å². The van der Waals surface area contributed by atoms with E-state index in [1.165, 1.54) is 0 Å². The maximum atomic E-state index is 12.2. The molecule has 2 rings (SSSR count). The van der Waals surface area contributed by atoms with Crippen LogP contribution in [0.15, 0.2) is 23.2 Å². The Morgan fingerprint density at radius 2 is 2.17 bits per heavy atom. The molecule has 1 amide bonds. The van der Waals surface area contributed by atoms with Crippen LogP contribution in [-0.4, -0.2) is 56.2 Å². The van der Waals surface area contributed by atoms with Gasteiger partial charge in [0.05, 0.1) is 13.7 Å². The molecule has 0 aromatic heterocycles. The molecule has 1 aromatic carbocycles. The monoisotopic (exact) mass is 528 g/mol. The molecule has 0 bridgehead atoms. The summed E-state index contributed by atoms with van der Waals surface area (Å²) >= 11 is 0. The highest BCUT2D eigenvalue weighted by Crippen LogP contribution is 2.28. The maximum absolute atomic E-state index is 12.2. The number of nitrogens with zero attached hydrogens (tertiary/aromatic N) is 2. The number of carbonyl (C=O) groups excluding carboxylic acids is 1. The van der Waals surface area contributed by atoms with Crippen LogP contribution in [0.25, 0.3) is 0 Å². The van der Waals surface area contributed by atoms with E-state index in [-0.39, 0.29) is 48.5 Å². The molecule has 1 atom stereocenters. The van der Waals surface area contributed by atoms with Gasteiger partial charge >= 0.3 is 0 Å². The third-order valence-electron chi connectivity index (χ3n) is 4.64. The molecular weight excluding hydrogens is 495 g/mol. The zero-order valence-corrected chi connectivity index (χ0v) is 20.6. The van der Waals surface area contributed by atoms with Gasteiger partial charge in [0.1, 0.15) is 6.61 Å². The first kappa shape index (κ1) is 25.9. The van der Waals surface area contributed by atoms with Crippen molar-refractivity contribution in [3.8, 4) is 23.8 Å². The molecule has 1 aromatic rings. The van der Waals surface area contributed by atoms with Crippen molar-refractivity contribution in [2.75, 3.05) is 33.4 Å². The Morgan fingerprint density at radius 3 is 2.80 bits per heavy atom. The highest BCUT2D eigenvalue weighted by Gasteiger charge is 2.27. The van der Waals surface area contributed by atoms with Gasteiger partial charge in [-0.3, -0.25) is 4.79 Å². The van der Waals surface area contributed by atoms with Crippen LogP contribution in [0.3, 0.4) is 0 Å². The molecule has 8 heteroatoms. The van der Waals surface area contributed by atoms with Crippen molar-refractivity contribution in [1.29, 1.82) is 0 Å². The number of hydrogen-bond acceptors (Lipinski definition) is 4. The number of carbonyl (C=O) groups is 1. The second kappa shape index (κ2) is 13.2. The number of nitrogens with one attached hydrogen (secondary N) is 2. The molecule has 166 valence electrons. The lowest BCUT2D eigenvalue weighted by Gasteiger charge is -2.20. The molecule has 0 saturated carbocycles. The van der Waals surface area contributed by atoms with Crippen molar-refractivity contribution >= 4 is 35.8 Å². The van der Waals surface area contributed by atoms with Crippen molar-refractivity contribution in [2.24, 2.45) is 10.9 Å². The lowest BCUT2D eigenvalue weighted by atomic mass is 10.2.